The van der Waals surface area contributed by atoms with Crippen LogP contribution in [-0.4, -0.2) is 26.3 Å². The summed E-state index contributed by atoms with van der Waals surface area (Å²) in [5.41, 5.74) is 0.487. The lowest BCUT2D eigenvalue weighted by Gasteiger charge is -2.05. The lowest BCUT2D eigenvalue weighted by molar-refractivity contribution is -0.139. The van der Waals surface area contributed by atoms with E-state index in [2.05, 4.69) is 6.58 Å². The molecule has 0 aliphatic heterocycles. The SMILES string of the molecule is C=C(C)C(=O)OCCCCCCCCCCCCCCCCOC. The first kappa shape index (κ1) is 23.2. The van der Waals surface area contributed by atoms with Crippen molar-refractivity contribution in [3.8, 4) is 0 Å². The molecule has 0 unspecified atom stereocenters. The van der Waals surface area contributed by atoms with Crippen LogP contribution in [0.2, 0.25) is 0 Å². The van der Waals surface area contributed by atoms with Gasteiger partial charge in [-0.2, -0.15) is 0 Å². The third-order valence-corrected chi connectivity index (χ3v) is 4.32. The van der Waals surface area contributed by atoms with Crippen molar-refractivity contribution in [1.82, 2.24) is 0 Å². The zero-order valence-corrected chi connectivity index (χ0v) is 16.2. The molecule has 0 atom stereocenters. The molecule has 0 aromatic carbocycles. The van der Waals surface area contributed by atoms with Gasteiger partial charge in [-0.05, 0) is 19.8 Å². The van der Waals surface area contributed by atoms with Crippen molar-refractivity contribution in [3.05, 3.63) is 12.2 Å². The molecule has 0 heterocycles. The highest BCUT2D eigenvalue weighted by atomic mass is 16.5. The van der Waals surface area contributed by atoms with E-state index < -0.39 is 0 Å². The molecule has 0 saturated carbocycles. The molecule has 3 nitrogen and oxygen atoms in total. The summed E-state index contributed by atoms with van der Waals surface area (Å²) in [6, 6.07) is 0. The number of esters is 1. The van der Waals surface area contributed by atoms with E-state index in [1.165, 1.54) is 77.0 Å². The summed E-state index contributed by atoms with van der Waals surface area (Å²) in [5.74, 6) is -0.259. The van der Waals surface area contributed by atoms with Crippen molar-refractivity contribution in [2.75, 3.05) is 20.3 Å². The van der Waals surface area contributed by atoms with Crippen molar-refractivity contribution in [1.29, 1.82) is 0 Å². The minimum Gasteiger partial charge on any atom is -0.462 e. The van der Waals surface area contributed by atoms with E-state index in [1.54, 1.807) is 14.0 Å². The summed E-state index contributed by atoms with van der Waals surface area (Å²) in [4.78, 5) is 11.2. The van der Waals surface area contributed by atoms with Crippen LogP contribution in [0.4, 0.5) is 0 Å². The Bertz CT molecular complexity index is 299. The van der Waals surface area contributed by atoms with Gasteiger partial charge in [-0.3, -0.25) is 0 Å². The quantitative estimate of drug-likeness (QED) is 0.169. The Morgan fingerprint density at radius 3 is 1.33 bits per heavy atom. The van der Waals surface area contributed by atoms with Crippen molar-refractivity contribution >= 4 is 5.97 Å². The summed E-state index contributed by atoms with van der Waals surface area (Å²) in [5, 5.41) is 0. The summed E-state index contributed by atoms with van der Waals surface area (Å²) in [7, 11) is 1.78. The monoisotopic (exact) mass is 340 g/mol. The standard InChI is InChI=1S/C21H40O3/c1-20(2)21(22)24-19-17-15-13-11-9-7-5-4-6-8-10-12-14-16-18-23-3/h1,4-19H2,2-3H3. The van der Waals surface area contributed by atoms with Crippen LogP contribution >= 0.6 is 0 Å². The second kappa shape index (κ2) is 18.5. The molecule has 0 rings (SSSR count). The van der Waals surface area contributed by atoms with E-state index in [9.17, 15) is 4.79 Å². The molecule has 0 aliphatic carbocycles. The van der Waals surface area contributed by atoms with Gasteiger partial charge in [0.1, 0.15) is 0 Å². The molecule has 0 spiro atoms. The number of hydrogen-bond acceptors (Lipinski definition) is 3. The van der Waals surface area contributed by atoms with Crippen LogP contribution in [0, 0.1) is 0 Å². The number of methoxy groups -OCH3 is 1. The maximum atomic E-state index is 11.2. The van der Waals surface area contributed by atoms with E-state index in [-0.39, 0.29) is 5.97 Å². The van der Waals surface area contributed by atoms with Crippen LogP contribution in [0.3, 0.4) is 0 Å². The van der Waals surface area contributed by atoms with E-state index in [1.807, 2.05) is 0 Å². The zero-order chi connectivity index (χ0) is 17.9. The molecular weight excluding hydrogens is 300 g/mol. The van der Waals surface area contributed by atoms with Gasteiger partial charge < -0.3 is 9.47 Å². The molecule has 0 bridgehead atoms. The first-order chi connectivity index (χ1) is 11.7. The van der Waals surface area contributed by atoms with E-state index in [0.29, 0.717) is 12.2 Å². The van der Waals surface area contributed by atoms with Gasteiger partial charge in [0.05, 0.1) is 6.61 Å². The second-order valence-electron chi connectivity index (χ2n) is 6.86. The predicted octanol–water partition coefficient (Wildman–Crippen LogP) is 6.21. The Morgan fingerprint density at radius 1 is 0.667 bits per heavy atom. The summed E-state index contributed by atoms with van der Waals surface area (Å²) in [6.07, 6.45) is 18.3. The van der Waals surface area contributed by atoms with Gasteiger partial charge in [0, 0.05) is 19.3 Å². The lowest BCUT2D eigenvalue weighted by atomic mass is 10.0. The number of hydrogen-bond donors (Lipinski definition) is 0. The van der Waals surface area contributed by atoms with E-state index in [0.717, 1.165) is 19.4 Å². The third kappa shape index (κ3) is 17.5. The topological polar surface area (TPSA) is 35.5 Å². The van der Waals surface area contributed by atoms with E-state index >= 15 is 0 Å². The Morgan fingerprint density at radius 2 is 1.00 bits per heavy atom. The number of unbranched alkanes of at least 4 members (excludes halogenated alkanes) is 13. The Hall–Kier alpha value is -0.830. The van der Waals surface area contributed by atoms with Crippen LogP contribution in [0.1, 0.15) is 96.8 Å². The highest BCUT2D eigenvalue weighted by Gasteiger charge is 2.01. The smallest absolute Gasteiger partial charge is 0.333 e. The van der Waals surface area contributed by atoms with Gasteiger partial charge in [-0.25, -0.2) is 4.79 Å². The second-order valence-corrected chi connectivity index (χ2v) is 6.86. The minimum atomic E-state index is -0.259. The number of rotatable bonds is 18. The molecule has 0 radical (unpaired) electrons. The molecule has 0 aliphatic rings. The van der Waals surface area contributed by atoms with Gasteiger partial charge in [0.15, 0.2) is 0 Å². The molecule has 142 valence electrons. The molecular formula is C21H40O3. The molecule has 0 fully saturated rings. The predicted molar refractivity (Wildman–Crippen MR) is 102 cm³/mol. The van der Waals surface area contributed by atoms with Gasteiger partial charge in [-0.15, -0.1) is 0 Å². The Labute approximate surface area is 150 Å². The highest BCUT2D eigenvalue weighted by Crippen LogP contribution is 2.13. The van der Waals surface area contributed by atoms with Crippen molar-refractivity contribution in [3.63, 3.8) is 0 Å². The lowest BCUT2D eigenvalue weighted by Crippen LogP contribution is -2.05. The van der Waals surface area contributed by atoms with Gasteiger partial charge >= 0.3 is 5.97 Å². The van der Waals surface area contributed by atoms with Gasteiger partial charge in [0.2, 0.25) is 0 Å². The van der Waals surface area contributed by atoms with E-state index in [4.69, 9.17) is 9.47 Å². The fraction of sp³-hybridized carbons (Fsp3) is 0.857. The zero-order valence-electron chi connectivity index (χ0n) is 16.2. The van der Waals surface area contributed by atoms with Crippen molar-refractivity contribution in [2.24, 2.45) is 0 Å². The highest BCUT2D eigenvalue weighted by molar-refractivity contribution is 5.86. The molecule has 0 aromatic rings. The van der Waals surface area contributed by atoms with Crippen LogP contribution in [0.5, 0.6) is 0 Å². The van der Waals surface area contributed by atoms with Crippen molar-refractivity contribution < 1.29 is 14.3 Å². The Kier molecular flexibility index (Phi) is 17.9. The fourth-order valence-electron chi connectivity index (χ4n) is 2.76. The van der Waals surface area contributed by atoms with Crippen molar-refractivity contribution in [2.45, 2.75) is 96.8 Å². The molecule has 0 N–H and O–H groups in total. The Balaban J connectivity index is 3.05. The summed E-state index contributed by atoms with van der Waals surface area (Å²) in [6.45, 7) is 6.71. The van der Waals surface area contributed by atoms with Gasteiger partial charge in [-0.1, -0.05) is 83.6 Å². The first-order valence-electron chi connectivity index (χ1n) is 10.00. The van der Waals surface area contributed by atoms with Gasteiger partial charge in [0.25, 0.3) is 0 Å². The van der Waals surface area contributed by atoms with Crippen LogP contribution < -0.4 is 0 Å². The molecule has 3 heteroatoms. The van der Waals surface area contributed by atoms with Crippen LogP contribution in [0.25, 0.3) is 0 Å². The third-order valence-electron chi connectivity index (χ3n) is 4.32. The molecule has 0 saturated heterocycles. The minimum absolute atomic E-state index is 0.259. The number of carbonyl (C=O) groups is 1. The average Bonchev–Trinajstić information content (AvgIpc) is 2.57. The summed E-state index contributed by atoms with van der Waals surface area (Å²) < 4.78 is 10.1. The number of carbonyl (C=O) groups excluding carboxylic acids is 1. The molecule has 0 aromatic heterocycles. The molecule has 0 amide bonds. The largest absolute Gasteiger partial charge is 0.462 e. The number of ether oxygens (including phenoxy) is 2. The fourth-order valence-corrected chi connectivity index (χ4v) is 2.76. The normalized spacial score (nSPS) is 10.8. The van der Waals surface area contributed by atoms with Crippen LogP contribution in [-0.2, 0) is 14.3 Å². The summed E-state index contributed by atoms with van der Waals surface area (Å²) >= 11 is 0. The maximum Gasteiger partial charge on any atom is 0.333 e. The molecule has 24 heavy (non-hydrogen) atoms. The first-order valence-corrected chi connectivity index (χ1v) is 10.00. The average molecular weight is 341 g/mol. The maximum absolute atomic E-state index is 11.2. The van der Waals surface area contributed by atoms with Crippen LogP contribution in [0.15, 0.2) is 12.2 Å².